The van der Waals surface area contributed by atoms with Crippen LogP contribution in [0.15, 0.2) is 0 Å². The summed E-state index contributed by atoms with van der Waals surface area (Å²) < 4.78 is 11.7. The molecule has 2 N–H and O–H groups in total. The first-order valence-electron chi connectivity index (χ1n) is 5.44. The van der Waals surface area contributed by atoms with E-state index in [0.717, 1.165) is 32.4 Å². The van der Waals surface area contributed by atoms with Gasteiger partial charge in [0.25, 0.3) is 0 Å². The molecule has 0 aromatic carbocycles. The van der Waals surface area contributed by atoms with Gasteiger partial charge in [0.15, 0.2) is 5.79 Å². The SMILES string of the molecule is CN1CCCC2(CC1)OCC(CN)O2. The van der Waals surface area contributed by atoms with Crippen molar-refractivity contribution in [1.29, 1.82) is 0 Å². The lowest BCUT2D eigenvalue weighted by Gasteiger charge is -2.26. The van der Waals surface area contributed by atoms with Gasteiger partial charge in [-0.25, -0.2) is 0 Å². The smallest absolute Gasteiger partial charge is 0.170 e. The Morgan fingerprint density at radius 3 is 3.00 bits per heavy atom. The summed E-state index contributed by atoms with van der Waals surface area (Å²) in [5.41, 5.74) is 5.57. The molecule has 0 aromatic heterocycles. The molecule has 2 aliphatic rings. The summed E-state index contributed by atoms with van der Waals surface area (Å²) in [6, 6.07) is 0. The number of hydrogen-bond donors (Lipinski definition) is 1. The van der Waals surface area contributed by atoms with E-state index in [1.807, 2.05) is 0 Å². The minimum absolute atomic E-state index is 0.110. The summed E-state index contributed by atoms with van der Waals surface area (Å²) in [6.45, 7) is 3.43. The van der Waals surface area contributed by atoms with E-state index in [1.165, 1.54) is 0 Å². The van der Waals surface area contributed by atoms with E-state index >= 15 is 0 Å². The number of likely N-dealkylation sites (tertiary alicyclic amines) is 1. The molecule has 2 heterocycles. The van der Waals surface area contributed by atoms with Gasteiger partial charge >= 0.3 is 0 Å². The molecule has 2 aliphatic heterocycles. The van der Waals surface area contributed by atoms with Crippen LogP contribution in [0.5, 0.6) is 0 Å². The fraction of sp³-hybridized carbons (Fsp3) is 1.00. The molecule has 2 fully saturated rings. The molecule has 0 aromatic rings. The third-order valence-electron chi connectivity index (χ3n) is 3.15. The Morgan fingerprint density at radius 1 is 1.43 bits per heavy atom. The Labute approximate surface area is 85.3 Å². The fourth-order valence-electron chi connectivity index (χ4n) is 2.21. The van der Waals surface area contributed by atoms with Gasteiger partial charge in [-0.05, 0) is 20.0 Å². The highest BCUT2D eigenvalue weighted by molar-refractivity contribution is 4.83. The molecule has 4 heteroatoms. The number of ether oxygens (including phenoxy) is 2. The Balaban J connectivity index is 1.95. The van der Waals surface area contributed by atoms with E-state index < -0.39 is 0 Å². The van der Waals surface area contributed by atoms with Gasteiger partial charge in [0.05, 0.1) is 12.7 Å². The zero-order valence-electron chi connectivity index (χ0n) is 8.87. The van der Waals surface area contributed by atoms with Crippen molar-refractivity contribution in [2.75, 3.05) is 33.3 Å². The molecule has 0 aliphatic carbocycles. The molecule has 4 nitrogen and oxygen atoms in total. The second-order valence-electron chi connectivity index (χ2n) is 4.35. The fourth-order valence-corrected chi connectivity index (χ4v) is 2.21. The van der Waals surface area contributed by atoms with Crippen LogP contribution >= 0.6 is 0 Å². The van der Waals surface area contributed by atoms with Crippen LogP contribution in [0, 0.1) is 0 Å². The van der Waals surface area contributed by atoms with E-state index in [1.54, 1.807) is 0 Å². The Bertz CT molecular complexity index is 201. The van der Waals surface area contributed by atoms with Crippen LogP contribution in [0.1, 0.15) is 19.3 Å². The summed E-state index contributed by atoms with van der Waals surface area (Å²) in [4.78, 5) is 2.33. The van der Waals surface area contributed by atoms with Crippen molar-refractivity contribution in [3.8, 4) is 0 Å². The van der Waals surface area contributed by atoms with E-state index in [4.69, 9.17) is 15.2 Å². The summed E-state index contributed by atoms with van der Waals surface area (Å²) in [5.74, 6) is -0.311. The molecule has 0 saturated carbocycles. The van der Waals surface area contributed by atoms with Gasteiger partial charge in [-0.2, -0.15) is 0 Å². The first kappa shape index (κ1) is 10.4. The third-order valence-corrected chi connectivity index (χ3v) is 3.15. The molecular weight excluding hydrogens is 180 g/mol. The maximum Gasteiger partial charge on any atom is 0.170 e. The zero-order chi connectivity index (χ0) is 10.0. The molecule has 0 bridgehead atoms. The second kappa shape index (κ2) is 4.14. The molecule has 0 radical (unpaired) electrons. The average Bonchev–Trinajstić information content (AvgIpc) is 2.50. The maximum absolute atomic E-state index is 5.89. The molecule has 2 saturated heterocycles. The highest BCUT2D eigenvalue weighted by Gasteiger charge is 2.41. The van der Waals surface area contributed by atoms with Gasteiger partial charge < -0.3 is 20.1 Å². The van der Waals surface area contributed by atoms with Gasteiger partial charge in [-0.15, -0.1) is 0 Å². The quantitative estimate of drug-likeness (QED) is 0.655. The minimum atomic E-state index is -0.311. The van der Waals surface area contributed by atoms with Crippen LogP contribution in [-0.4, -0.2) is 50.1 Å². The van der Waals surface area contributed by atoms with Crippen LogP contribution in [-0.2, 0) is 9.47 Å². The predicted molar refractivity (Wildman–Crippen MR) is 54.0 cm³/mol. The van der Waals surface area contributed by atoms with E-state index in [2.05, 4.69) is 11.9 Å². The summed E-state index contributed by atoms with van der Waals surface area (Å²) >= 11 is 0. The van der Waals surface area contributed by atoms with Gasteiger partial charge in [-0.1, -0.05) is 0 Å². The van der Waals surface area contributed by atoms with Crippen LogP contribution in [0.4, 0.5) is 0 Å². The van der Waals surface area contributed by atoms with Gasteiger partial charge in [-0.3, -0.25) is 0 Å². The molecule has 2 atom stereocenters. The average molecular weight is 200 g/mol. The molecule has 1 spiro atoms. The largest absolute Gasteiger partial charge is 0.347 e. The van der Waals surface area contributed by atoms with Crippen LogP contribution < -0.4 is 5.73 Å². The van der Waals surface area contributed by atoms with E-state index in [9.17, 15) is 0 Å². The molecule has 2 unspecified atom stereocenters. The second-order valence-corrected chi connectivity index (χ2v) is 4.35. The lowest BCUT2D eigenvalue weighted by Crippen LogP contribution is -2.33. The number of rotatable bonds is 1. The van der Waals surface area contributed by atoms with Crippen molar-refractivity contribution in [2.24, 2.45) is 5.73 Å². The van der Waals surface area contributed by atoms with Crippen LogP contribution in [0.3, 0.4) is 0 Å². The highest BCUT2D eigenvalue weighted by Crippen LogP contribution is 2.33. The lowest BCUT2D eigenvalue weighted by atomic mass is 10.1. The predicted octanol–water partition coefficient (Wildman–Crippen LogP) is 0.173. The molecule has 2 rings (SSSR count). The minimum Gasteiger partial charge on any atom is -0.347 e. The Morgan fingerprint density at radius 2 is 2.29 bits per heavy atom. The topological polar surface area (TPSA) is 47.7 Å². The van der Waals surface area contributed by atoms with Crippen molar-refractivity contribution < 1.29 is 9.47 Å². The van der Waals surface area contributed by atoms with Crippen molar-refractivity contribution in [2.45, 2.75) is 31.2 Å². The number of nitrogens with two attached hydrogens (primary N) is 1. The van der Waals surface area contributed by atoms with E-state index in [0.29, 0.717) is 13.2 Å². The molecule has 14 heavy (non-hydrogen) atoms. The molecular formula is C10H20N2O2. The van der Waals surface area contributed by atoms with Gasteiger partial charge in [0, 0.05) is 25.9 Å². The van der Waals surface area contributed by atoms with Gasteiger partial charge in [0.1, 0.15) is 0 Å². The normalized spacial score (nSPS) is 40.3. The summed E-state index contributed by atoms with van der Waals surface area (Å²) in [6.07, 6.45) is 3.24. The van der Waals surface area contributed by atoms with Crippen molar-refractivity contribution >= 4 is 0 Å². The van der Waals surface area contributed by atoms with E-state index in [-0.39, 0.29) is 11.9 Å². The van der Waals surface area contributed by atoms with Gasteiger partial charge in [0.2, 0.25) is 0 Å². The first-order valence-corrected chi connectivity index (χ1v) is 5.44. The van der Waals surface area contributed by atoms with Crippen molar-refractivity contribution in [3.05, 3.63) is 0 Å². The number of nitrogens with zero attached hydrogens (tertiary/aromatic N) is 1. The number of hydrogen-bond acceptors (Lipinski definition) is 4. The monoisotopic (exact) mass is 200 g/mol. The Kier molecular flexibility index (Phi) is 3.07. The first-order chi connectivity index (χ1) is 6.74. The lowest BCUT2D eigenvalue weighted by molar-refractivity contribution is -0.173. The standard InChI is InChI=1S/C10H20N2O2/c1-12-5-2-3-10(4-6-12)13-8-9(7-11)14-10/h9H,2-8,11H2,1H3. The summed E-state index contributed by atoms with van der Waals surface area (Å²) in [7, 11) is 2.15. The third kappa shape index (κ3) is 2.08. The molecule has 82 valence electrons. The van der Waals surface area contributed by atoms with Crippen LogP contribution in [0.2, 0.25) is 0 Å². The maximum atomic E-state index is 5.89. The summed E-state index contributed by atoms with van der Waals surface area (Å²) in [5, 5.41) is 0. The highest BCUT2D eigenvalue weighted by atomic mass is 16.7. The zero-order valence-corrected chi connectivity index (χ0v) is 8.87. The molecule has 0 amide bonds. The van der Waals surface area contributed by atoms with Crippen LogP contribution in [0.25, 0.3) is 0 Å². The Hall–Kier alpha value is -0.160. The van der Waals surface area contributed by atoms with Crippen molar-refractivity contribution in [3.63, 3.8) is 0 Å². The van der Waals surface area contributed by atoms with Crippen molar-refractivity contribution in [1.82, 2.24) is 4.90 Å².